The van der Waals surface area contributed by atoms with Crippen molar-refractivity contribution in [3.63, 3.8) is 0 Å². The summed E-state index contributed by atoms with van der Waals surface area (Å²) in [5, 5.41) is 8.74. The molecule has 0 spiro atoms. The zero-order valence-corrected chi connectivity index (χ0v) is 12.0. The van der Waals surface area contributed by atoms with Crippen LogP contribution in [0.3, 0.4) is 0 Å². The van der Waals surface area contributed by atoms with Crippen molar-refractivity contribution >= 4 is 22.0 Å². The van der Waals surface area contributed by atoms with Crippen LogP contribution in [0.5, 0.6) is 0 Å². The first-order chi connectivity index (χ1) is 9.34. The number of sulfonamides is 1. The predicted octanol–water partition coefficient (Wildman–Crippen LogP) is -0.509. The summed E-state index contributed by atoms with van der Waals surface area (Å²) in [5.74, 6) is -1.67. The van der Waals surface area contributed by atoms with Gasteiger partial charge in [0.1, 0.15) is 0 Å². The second-order valence-corrected chi connectivity index (χ2v) is 6.44. The molecular weight excluding hydrogens is 290 g/mol. The molecule has 0 radical (unpaired) electrons. The van der Waals surface area contributed by atoms with Gasteiger partial charge in [-0.05, 0) is 19.3 Å². The lowest BCUT2D eigenvalue weighted by atomic mass is 10.2. The Hall–Kier alpha value is -1.19. The highest BCUT2D eigenvalue weighted by molar-refractivity contribution is 7.89. The van der Waals surface area contributed by atoms with Crippen molar-refractivity contribution in [1.29, 1.82) is 0 Å². The number of esters is 1. The van der Waals surface area contributed by atoms with E-state index in [0.29, 0.717) is 12.8 Å². The van der Waals surface area contributed by atoms with Gasteiger partial charge in [0.05, 0.1) is 19.0 Å². The largest absolute Gasteiger partial charge is 0.479 e. The summed E-state index contributed by atoms with van der Waals surface area (Å²) in [6.45, 7) is 0.0460. The maximum absolute atomic E-state index is 11.6. The molecule has 116 valence electrons. The topological polar surface area (TPSA) is 119 Å². The molecular formula is C11H19NO7S. The summed E-state index contributed by atoms with van der Waals surface area (Å²) in [6, 6.07) is 0. The number of hydrogen-bond donors (Lipinski definition) is 2. The minimum atomic E-state index is -3.50. The Bertz CT molecular complexity index is 448. The molecule has 1 aliphatic rings. The highest BCUT2D eigenvalue weighted by atomic mass is 32.2. The van der Waals surface area contributed by atoms with E-state index in [2.05, 4.69) is 9.46 Å². The normalized spacial score (nSPS) is 22.6. The SMILES string of the molecule is COC(=O)CCCS(=O)(=O)NCC1CCC(C(=O)O)O1. The molecule has 1 heterocycles. The average Bonchev–Trinajstić information content (AvgIpc) is 2.85. The molecule has 2 atom stereocenters. The fourth-order valence-corrected chi connectivity index (χ4v) is 2.95. The highest BCUT2D eigenvalue weighted by Crippen LogP contribution is 2.19. The van der Waals surface area contributed by atoms with Gasteiger partial charge in [-0.2, -0.15) is 0 Å². The Morgan fingerprint density at radius 3 is 2.65 bits per heavy atom. The zero-order chi connectivity index (χ0) is 15.2. The second kappa shape index (κ2) is 7.55. The molecule has 0 aliphatic carbocycles. The second-order valence-electron chi connectivity index (χ2n) is 4.51. The van der Waals surface area contributed by atoms with E-state index in [9.17, 15) is 18.0 Å². The first-order valence-electron chi connectivity index (χ1n) is 6.26. The predicted molar refractivity (Wildman–Crippen MR) is 68.6 cm³/mol. The third kappa shape index (κ3) is 5.85. The van der Waals surface area contributed by atoms with E-state index in [0.717, 1.165) is 0 Å². The van der Waals surface area contributed by atoms with Gasteiger partial charge in [-0.25, -0.2) is 17.9 Å². The molecule has 0 bridgehead atoms. The van der Waals surface area contributed by atoms with Crippen LogP contribution in [0, 0.1) is 0 Å². The number of carboxylic acid groups (broad SMARTS) is 1. The summed E-state index contributed by atoms with van der Waals surface area (Å²) < 4.78 is 35.2. The zero-order valence-electron chi connectivity index (χ0n) is 11.2. The molecule has 1 rings (SSSR count). The van der Waals surface area contributed by atoms with Crippen molar-refractivity contribution in [1.82, 2.24) is 4.72 Å². The van der Waals surface area contributed by atoms with E-state index in [1.165, 1.54) is 7.11 Å². The Labute approximate surface area is 117 Å². The molecule has 0 amide bonds. The standard InChI is InChI=1S/C11H19NO7S/c1-18-10(13)3-2-6-20(16,17)12-7-8-4-5-9(19-8)11(14)15/h8-9,12H,2-7H2,1H3,(H,14,15). The maximum Gasteiger partial charge on any atom is 0.332 e. The number of aliphatic carboxylic acids is 1. The monoisotopic (exact) mass is 309 g/mol. The van der Waals surface area contributed by atoms with E-state index in [-0.39, 0.29) is 25.1 Å². The fraction of sp³-hybridized carbons (Fsp3) is 0.818. The number of ether oxygens (including phenoxy) is 2. The van der Waals surface area contributed by atoms with Crippen LogP contribution < -0.4 is 4.72 Å². The van der Waals surface area contributed by atoms with Crippen LogP contribution in [-0.2, 0) is 29.1 Å². The number of methoxy groups -OCH3 is 1. The van der Waals surface area contributed by atoms with Gasteiger partial charge in [0, 0.05) is 13.0 Å². The van der Waals surface area contributed by atoms with Crippen LogP contribution >= 0.6 is 0 Å². The van der Waals surface area contributed by atoms with Crippen LogP contribution in [0.4, 0.5) is 0 Å². The van der Waals surface area contributed by atoms with Crippen molar-refractivity contribution in [2.45, 2.75) is 37.9 Å². The quantitative estimate of drug-likeness (QED) is 0.580. The third-order valence-corrected chi connectivity index (χ3v) is 4.37. The smallest absolute Gasteiger partial charge is 0.332 e. The first-order valence-corrected chi connectivity index (χ1v) is 7.91. The Kier molecular flexibility index (Phi) is 6.37. The van der Waals surface area contributed by atoms with Crippen molar-refractivity contribution in [2.24, 2.45) is 0 Å². The minimum absolute atomic E-state index is 0.0401. The molecule has 2 N–H and O–H groups in total. The van der Waals surface area contributed by atoms with Crippen molar-refractivity contribution < 1.29 is 32.6 Å². The number of nitrogens with one attached hydrogen (secondary N) is 1. The molecule has 0 aromatic rings. The summed E-state index contributed by atoms with van der Waals surface area (Å²) >= 11 is 0. The molecule has 1 aliphatic heterocycles. The van der Waals surface area contributed by atoms with E-state index in [1.54, 1.807) is 0 Å². The number of hydrogen-bond acceptors (Lipinski definition) is 6. The van der Waals surface area contributed by atoms with Gasteiger partial charge < -0.3 is 14.6 Å². The van der Waals surface area contributed by atoms with Gasteiger partial charge in [0.25, 0.3) is 0 Å². The lowest BCUT2D eigenvalue weighted by Gasteiger charge is -2.12. The van der Waals surface area contributed by atoms with Crippen molar-refractivity contribution in [3.05, 3.63) is 0 Å². The maximum atomic E-state index is 11.6. The molecule has 1 fully saturated rings. The number of carbonyl (C=O) groups is 2. The molecule has 2 unspecified atom stereocenters. The molecule has 0 saturated carbocycles. The summed E-state index contributed by atoms with van der Waals surface area (Å²) in [6.07, 6.45) is -0.189. The van der Waals surface area contributed by atoms with Gasteiger partial charge in [-0.3, -0.25) is 4.79 Å². The van der Waals surface area contributed by atoms with E-state index in [1.807, 2.05) is 0 Å². The van der Waals surface area contributed by atoms with Crippen LogP contribution in [0.15, 0.2) is 0 Å². The molecule has 8 nitrogen and oxygen atoms in total. The Morgan fingerprint density at radius 2 is 2.10 bits per heavy atom. The van der Waals surface area contributed by atoms with Gasteiger partial charge in [-0.15, -0.1) is 0 Å². The molecule has 1 saturated heterocycles. The number of carboxylic acids is 1. The van der Waals surface area contributed by atoms with Crippen LogP contribution in [0.2, 0.25) is 0 Å². The molecule has 9 heteroatoms. The van der Waals surface area contributed by atoms with Crippen LogP contribution in [0.25, 0.3) is 0 Å². The number of rotatable bonds is 8. The lowest BCUT2D eigenvalue weighted by molar-refractivity contribution is -0.149. The van der Waals surface area contributed by atoms with E-state index < -0.39 is 34.2 Å². The van der Waals surface area contributed by atoms with Crippen LogP contribution in [0.1, 0.15) is 25.7 Å². The summed E-state index contributed by atoms with van der Waals surface area (Å²) in [7, 11) is -2.25. The van der Waals surface area contributed by atoms with Gasteiger partial charge >= 0.3 is 11.9 Å². The summed E-state index contributed by atoms with van der Waals surface area (Å²) in [4.78, 5) is 21.5. The third-order valence-electron chi connectivity index (χ3n) is 2.94. The van der Waals surface area contributed by atoms with Crippen molar-refractivity contribution in [2.75, 3.05) is 19.4 Å². The summed E-state index contributed by atoms with van der Waals surface area (Å²) in [5.41, 5.74) is 0. The highest BCUT2D eigenvalue weighted by Gasteiger charge is 2.30. The van der Waals surface area contributed by atoms with E-state index in [4.69, 9.17) is 9.84 Å². The average molecular weight is 309 g/mol. The lowest BCUT2D eigenvalue weighted by Crippen LogP contribution is -2.34. The van der Waals surface area contributed by atoms with Gasteiger partial charge in [-0.1, -0.05) is 0 Å². The minimum Gasteiger partial charge on any atom is -0.479 e. The molecule has 0 aromatic carbocycles. The molecule has 0 aromatic heterocycles. The molecule has 20 heavy (non-hydrogen) atoms. The van der Waals surface area contributed by atoms with Gasteiger partial charge in [0.15, 0.2) is 6.10 Å². The first kappa shape index (κ1) is 16.9. The Morgan fingerprint density at radius 1 is 1.40 bits per heavy atom. The van der Waals surface area contributed by atoms with E-state index >= 15 is 0 Å². The van der Waals surface area contributed by atoms with Crippen molar-refractivity contribution in [3.8, 4) is 0 Å². The Balaban J connectivity index is 2.26. The number of carbonyl (C=O) groups excluding carboxylic acids is 1. The van der Waals surface area contributed by atoms with Gasteiger partial charge in [0.2, 0.25) is 10.0 Å². The fourth-order valence-electron chi connectivity index (χ4n) is 1.84. The van der Waals surface area contributed by atoms with Crippen LogP contribution in [-0.4, -0.2) is 57.1 Å².